The molecular weight excluding hydrogens is 182 g/mol. The number of nitrogens with zero attached hydrogens (tertiary/aromatic N) is 1. The van der Waals surface area contributed by atoms with E-state index < -0.39 is 12.1 Å². The first kappa shape index (κ1) is 10.5. The molecular formula is C9H13N3O2. The Kier molecular flexibility index (Phi) is 3.03. The fourth-order valence-corrected chi connectivity index (χ4v) is 1.17. The fraction of sp³-hybridized carbons (Fsp3) is 0.333. The molecule has 1 unspecified atom stereocenters. The van der Waals surface area contributed by atoms with Gasteiger partial charge in [-0.2, -0.15) is 0 Å². The molecule has 0 aromatic carbocycles. The van der Waals surface area contributed by atoms with Crippen molar-refractivity contribution in [3.8, 4) is 0 Å². The Hall–Kier alpha value is -1.62. The number of aliphatic hydroxyl groups excluding tert-OH is 1. The summed E-state index contributed by atoms with van der Waals surface area (Å²) in [4.78, 5) is 14.8. The Morgan fingerprint density at radius 2 is 2.36 bits per heavy atom. The van der Waals surface area contributed by atoms with Crippen LogP contribution in [0.4, 0.5) is 5.69 Å². The number of nitrogens with two attached hydrogens (primary N) is 1. The second-order valence-corrected chi connectivity index (χ2v) is 3.02. The summed E-state index contributed by atoms with van der Waals surface area (Å²) in [6, 6.07) is 1.68. The minimum atomic E-state index is -0.683. The number of carbonyl (C=O) groups excluding carboxylic acids is 1. The van der Waals surface area contributed by atoms with Crippen molar-refractivity contribution < 1.29 is 9.90 Å². The molecule has 4 N–H and O–H groups in total. The fourth-order valence-electron chi connectivity index (χ4n) is 1.17. The number of hydrogen-bond donors (Lipinski definition) is 3. The first-order valence-corrected chi connectivity index (χ1v) is 4.22. The second kappa shape index (κ2) is 4.06. The maximum atomic E-state index is 10.9. The highest BCUT2D eigenvalue weighted by Gasteiger charge is 2.10. The van der Waals surface area contributed by atoms with Gasteiger partial charge in [0.15, 0.2) is 0 Å². The first-order valence-electron chi connectivity index (χ1n) is 4.22. The molecule has 0 aliphatic heterocycles. The van der Waals surface area contributed by atoms with E-state index in [0.717, 1.165) is 0 Å². The molecule has 0 spiro atoms. The van der Waals surface area contributed by atoms with Gasteiger partial charge in [-0.1, -0.05) is 0 Å². The smallest absolute Gasteiger partial charge is 0.267 e. The average molecular weight is 195 g/mol. The Bertz CT molecular complexity index is 350. The van der Waals surface area contributed by atoms with Gasteiger partial charge in [-0.05, 0) is 19.9 Å². The van der Waals surface area contributed by atoms with E-state index in [2.05, 4.69) is 10.3 Å². The van der Waals surface area contributed by atoms with E-state index >= 15 is 0 Å². The number of primary amides is 1. The molecule has 5 nitrogen and oxygen atoms in total. The van der Waals surface area contributed by atoms with Crippen molar-refractivity contribution in [1.82, 2.24) is 4.98 Å². The van der Waals surface area contributed by atoms with Crippen LogP contribution in [0.25, 0.3) is 0 Å². The van der Waals surface area contributed by atoms with E-state index in [-0.39, 0.29) is 5.69 Å². The number of aromatic nitrogens is 1. The van der Waals surface area contributed by atoms with Crippen molar-refractivity contribution in [2.24, 2.45) is 5.73 Å². The van der Waals surface area contributed by atoms with Gasteiger partial charge in [-0.15, -0.1) is 0 Å². The van der Waals surface area contributed by atoms with Crippen LogP contribution in [0.5, 0.6) is 0 Å². The Morgan fingerprint density at radius 1 is 1.71 bits per heavy atom. The summed E-state index contributed by atoms with van der Waals surface area (Å²) in [6.45, 7) is 3.31. The van der Waals surface area contributed by atoms with E-state index in [0.29, 0.717) is 11.3 Å². The molecule has 1 amide bonds. The summed E-state index contributed by atoms with van der Waals surface area (Å²) in [6.07, 6.45) is 0.787. The number of aliphatic hydroxyl groups is 1. The Labute approximate surface area is 82.0 Å². The Balaban J connectivity index is 3.07. The van der Waals surface area contributed by atoms with Gasteiger partial charge in [-0.3, -0.25) is 9.78 Å². The van der Waals surface area contributed by atoms with Gasteiger partial charge < -0.3 is 16.2 Å². The quantitative estimate of drug-likeness (QED) is 0.603. The number of rotatable bonds is 3. The van der Waals surface area contributed by atoms with Crippen LogP contribution in [0.3, 0.4) is 0 Å². The summed E-state index contributed by atoms with van der Waals surface area (Å²) < 4.78 is 0. The zero-order chi connectivity index (χ0) is 10.7. The van der Waals surface area contributed by atoms with E-state index in [1.54, 1.807) is 19.9 Å². The van der Waals surface area contributed by atoms with Crippen molar-refractivity contribution in [2.45, 2.75) is 20.1 Å². The molecule has 0 fully saturated rings. The standard InChI is InChI=1S/C9H13N3O2/c1-5-7(12-6(2)13)3-4-11-8(5)9(10)14/h3-4,6,13H,1-2H3,(H2,10,14)(H,11,12). The molecule has 5 heteroatoms. The van der Waals surface area contributed by atoms with Crippen LogP contribution in [0.15, 0.2) is 12.3 Å². The molecule has 1 rings (SSSR count). The molecule has 1 aromatic rings. The van der Waals surface area contributed by atoms with Crippen molar-refractivity contribution in [3.05, 3.63) is 23.5 Å². The normalized spacial score (nSPS) is 12.2. The zero-order valence-corrected chi connectivity index (χ0v) is 8.11. The predicted molar refractivity (Wildman–Crippen MR) is 52.8 cm³/mol. The topological polar surface area (TPSA) is 88.2 Å². The lowest BCUT2D eigenvalue weighted by Crippen LogP contribution is -2.18. The summed E-state index contributed by atoms with van der Waals surface area (Å²) >= 11 is 0. The van der Waals surface area contributed by atoms with Gasteiger partial charge in [0, 0.05) is 17.4 Å². The summed E-state index contributed by atoms with van der Waals surface area (Å²) in [5.41, 5.74) is 6.64. The molecule has 76 valence electrons. The van der Waals surface area contributed by atoms with Crippen LogP contribution in [0.1, 0.15) is 23.0 Å². The van der Waals surface area contributed by atoms with Gasteiger partial charge in [0.25, 0.3) is 5.91 Å². The van der Waals surface area contributed by atoms with Crippen LogP contribution in [-0.4, -0.2) is 22.2 Å². The van der Waals surface area contributed by atoms with Crippen molar-refractivity contribution in [3.63, 3.8) is 0 Å². The van der Waals surface area contributed by atoms with Gasteiger partial charge in [-0.25, -0.2) is 0 Å². The van der Waals surface area contributed by atoms with Crippen LogP contribution in [0.2, 0.25) is 0 Å². The molecule has 0 aliphatic carbocycles. The highest BCUT2D eigenvalue weighted by molar-refractivity contribution is 5.93. The molecule has 0 bridgehead atoms. The van der Waals surface area contributed by atoms with Gasteiger partial charge in [0.2, 0.25) is 0 Å². The van der Waals surface area contributed by atoms with Gasteiger partial charge in [0.1, 0.15) is 11.9 Å². The maximum Gasteiger partial charge on any atom is 0.267 e. The van der Waals surface area contributed by atoms with E-state index in [9.17, 15) is 4.79 Å². The first-order chi connectivity index (χ1) is 6.52. The third-order valence-corrected chi connectivity index (χ3v) is 1.80. The van der Waals surface area contributed by atoms with Crippen LogP contribution >= 0.6 is 0 Å². The largest absolute Gasteiger partial charge is 0.374 e. The monoisotopic (exact) mass is 195 g/mol. The molecule has 0 saturated carbocycles. The second-order valence-electron chi connectivity index (χ2n) is 3.02. The van der Waals surface area contributed by atoms with E-state index in [1.807, 2.05) is 0 Å². The summed E-state index contributed by atoms with van der Waals surface area (Å²) in [5, 5.41) is 11.9. The average Bonchev–Trinajstić information content (AvgIpc) is 2.07. The number of amides is 1. The minimum absolute atomic E-state index is 0.218. The lowest BCUT2D eigenvalue weighted by Gasteiger charge is -2.12. The van der Waals surface area contributed by atoms with E-state index in [1.165, 1.54) is 6.20 Å². The van der Waals surface area contributed by atoms with E-state index in [4.69, 9.17) is 10.8 Å². The molecule has 1 heterocycles. The van der Waals surface area contributed by atoms with Crippen molar-refractivity contribution >= 4 is 11.6 Å². The SMILES string of the molecule is Cc1c(NC(C)O)ccnc1C(N)=O. The third kappa shape index (κ3) is 2.20. The molecule has 0 aliphatic rings. The van der Waals surface area contributed by atoms with Crippen molar-refractivity contribution in [2.75, 3.05) is 5.32 Å². The number of anilines is 1. The number of carbonyl (C=O) groups is 1. The predicted octanol–water partition coefficient (Wildman–Crippen LogP) is 0.239. The minimum Gasteiger partial charge on any atom is -0.374 e. The van der Waals surface area contributed by atoms with Crippen LogP contribution in [0, 0.1) is 6.92 Å². The summed E-state index contributed by atoms with van der Waals surface area (Å²) in [5.74, 6) is -0.572. The molecule has 1 aromatic heterocycles. The number of nitrogens with one attached hydrogen (secondary N) is 1. The highest BCUT2D eigenvalue weighted by Crippen LogP contribution is 2.16. The number of hydrogen-bond acceptors (Lipinski definition) is 4. The zero-order valence-electron chi connectivity index (χ0n) is 8.11. The third-order valence-electron chi connectivity index (χ3n) is 1.80. The van der Waals surface area contributed by atoms with Gasteiger partial charge in [0.05, 0.1) is 0 Å². The summed E-state index contributed by atoms with van der Waals surface area (Å²) in [7, 11) is 0. The molecule has 0 saturated heterocycles. The molecule has 14 heavy (non-hydrogen) atoms. The lowest BCUT2D eigenvalue weighted by molar-refractivity contribution is 0.0995. The highest BCUT2D eigenvalue weighted by atomic mass is 16.3. The Morgan fingerprint density at radius 3 is 2.86 bits per heavy atom. The maximum absolute atomic E-state index is 10.9. The molecule has 0 radical (unpaired) electrons. The van der Waals surface area contributed by atoms with Crippen LogP contribution in [-0.2, 0) is 0 Å². The van der Waals surface area contributed by atoms with Gasteiger partial charge >= 0.3 is 0 Å². The lowest BCUT2D eigenvalue weighted by atomic mass is 10.1. The van der Waals surface area contributed by atoms with Crippen LogP contribution < -0.4 is 11.1 Å². The molecule has 1 atom stereocenters. The number of pyridine rings is 1. The van der Waals surface area contributed by atoms with Crippen molar-refractivity contribution in [1.29, 1.82) is 0 Å².